The van der Waals surface area contributed by atoms with Crippen LogP contribution in [0.1, 0.15) is 39.0 Å². The van der Waals surface area contributed by atoms with E-state index in [-0.39, 0.29) is 27.1 Å². The number of carbonyl (C=O) groups is 4. The van der Waals surface area contributed by atoms with Gasteiger partial charge in [-0.3, -0.25) is 24.1 Å². The quantitative estimate of drug-likeness (QED) is 0.673. The molecule has 0 unspecified atom stereocenters. The highest BCUT2D eigenvalue weighted by Gasteiger charge is 2.28. The lowest BCUT2D eigenvalue weighted by Crippen LogP contribution is -2.29. The number of carbonyl (C=O) groups excluding carboxylic acids is 4. The number of hydrogen-bond donors (Lipinski definition) is 0. The second-order valence-corrected chi connectivity index (χ2v) is 6.15. The van der Waals surface area contributed by atoms with Crippen LogP contribution in [0.3, 0.4) is 0 Å². The largest absolute Gasteiger partial charge is 0.288 e. The lowest BCUT2D eigenvalue weighted by Gasteiger charge is -2.11. The molecule has 0 spiro atoms. The molecule has 106 valence electrons. The molecular weight excluding hydrogens is 286 g/mol. The Bertz CT molecular complexity index is 368. The fraction of sp³-hybridized carbons (Fsp3) is 0.667. The summed E-state index contributed by atoms with van der Waals surface area (Å²) in [6, 6.07) is 0. The molecule has 1 rings (SSSR count). The minimum absolute atomic E-state index is 0.101. The van der Waals surface area contributed by atoms with Gasteiger partial charge >= 0.3 is 0 Å². The SMILES string of the molecule is CCC(=O)SC(=O)CCCCCN1C(=O)CSC1=O. The van der Waals surface area contributed by atoms with Crippen LogP contribution in [0, 0.1) is 0 Å². The highest BCUT2D eigenvalue weighted by molar-refractivity contribution is 8.26. The van der Waals surface area contributed by atoms with Crippen LogP contribution in [0.4, 0.5) is 4.79 Å². The van der Waals surface area contributed by atoms with E-state index < -0.39 is 0 Å². The molecule has 7 heteroatoms. The molecule has 0 bridgehead atoms. The second-order valence-electron chi connectivity index (χ2n) is 4.11. The number of nitrogens with zero attached hydrogens (tertiary/aromatic N) is 1. The monoisotopic (exact) mass is 303 g/mol. The zero-order valence-corrected chi connectivity index (χ0v) is 12.5. The minimum Gasteiger partial charge on any atom is -0.287 e. The molecule has 1 aliphatic rings. The van der Waals surface area contributed by atoms with Gasteiger partial charge in [-0.25, -0.2) is 0 Å². The van der Waals surface area contributed by atoms with Crippen molar-refractivity contribution >= 4 is 44.9 Å². The van der Waals surface area contributed by atoms with Crippen molar-refractivity contribution in [1.29, 1.82) is 0 Å². The molecule has 1 aliphatic heterocycles. The van der Waals surface area contributed by atoms with E-state index in [4.69, 9.17) is 0 Å². The van der Waals surface area contributed by atoms with E-state index in [0.717, 1.165) is 29.9 Å². The first-order valence-electron chi connectivity index (χ1n) is 6.25. The summed E-state index contributed by atoms with van der Waals surface area (Å²) in [7, 11) is 0. The predicted octanol–water partition coefficient (Wildman–Crippen LogP) is 2.44. The van der Waals surface area contributed by atoms with Gasteiger partial charge in [0.05, 0.1) is 5.75 Å². The van der Waals surface area contributed by atoms with Crippen molar-refractivity contribution in [3.05, 3.63) is 0 Å². The molecule has 5 nitrogen and oxygen atoms in total. The van der Waals surface area contributed by atoms with Crippen LogP contribution < -0.4 is 0 Å². The Labute approximate surface area is 120 Å². The highest BCUT2D eigenvalue weighted by Crippen LogP contribution is 2.19. The van der Waals surface area contributed by atoms with Gasteiger partial charge < -0.3 is 0 Å². The summed E-state index contributed by atoms with van der Waals surface area (Å²) in [5.74, 6) is 0.114. The van der Waals surface area contributed by atoms with Gasteiger partial charge in [0.1, 0.15) is 0 Å². The van der Waals surface area contributed by atoms with E-state index in [1.165, 1.54) is 4.90 Å². The van der Waals surface area contributed by atoms with Crippen molar-refractivity contribution in [2.75, 3.05) is 12.3 Å². The van der Waals surface area contributed by atoms with Crippen molar-refractivity contribution in [3.8, 4) is 0 Å². The number of hydrogen-bond acceptors (Lipinski definition) is 6. The third-order valence-electron chi connectivity index (χ3n) is 2.62. The van der Waals surface area contributed by atoms with E-state index in [1.54, 1.807) is 6.92 Å². The number of unbranched alkanes of at least 4 members (excludes halogenated alkanes) is 2. The summed E-state index contributed by atoms with van der Waals surface area (Å²) < 4.78 is 0. The molecule has 1 fully saturated rings. The van der Waals surface area contributed by atoms with E-state index in [9.17, 15) is 19.2 Å². The second kappa shape index (κ2) is 8.37. The first-order chi connectivity index (χ1) is 9.04. The van der Waals surface area contributed by atoms with Gasteiger partial charge in [0.15, 0.2) is 10.2 Å². The smallest absolute Gasteiger partial charge is 0.287 e. The summed E-state index contributed by atoms with van der Waals surface area (Å²) in [6.07, 6.45) is 2.90. The number of thioether (sulfide) groups is 2. The van der Waals surface area contributed by atoms with Crippen LogP contribution in [-0.2, 0) is 14.4 Å². The Kier molecular flexibility index (Phi) is 7.15. The van der Waals surface area contributed by atoms with Crippen molar-refractivity contribution in [1.82, 2.24) is 4.90 Å². The molecule has 0 aromatic heterocycles. The maximum Gasteiger partial charge on any atom is 0.288 e. The molecular formula is C12H17NO4S2. The first-order valence-corrected chi connectivity index (χ1v) is 8.05. The van der Waals surface area contributed by atoms with E-state index in [1.807, 2.05) is 0 Å². The Morgan fingerprint density at radius 1 is 1.21 bits per heavy atom. The minimum atomic E-state index is -0.176. The zero-order chi connectivity index (χ0) is 14.3. The van der Waals surface area contributed by atoms with Gasteiger partial charge in [0.25, 0.3) is 5.24 Å². The van der Waals surface area contributed by atoms with Crippen LogP contribution in [0.5, 0.6) is 0 Å². The predicted molar refractivity (Wildman–Crippen MR) is 75.9 cm³/mol. The van der Waals surface area contributed by atoms with E-state index in [0.29, 0.717) is 32.2 Å². The van der Waals surface area contributed by atoms with Crippen molar-refractivity contribution in [2.24, 2.45) is 0 Å². The van der Waals surface area contributed by atoms with Crippen molar-refractivity contribution < 1.29 is 19.2 Å². The molecule has 0 N–H and O–H groups in total. The van der Waals surface area contributed by atoms with Crippen LogP contribution in [-0.4, -0.2) is 38.6 Å². The van der Waals surface area contributed by atoms with Crippen LogP contribution in [0.2, 0.25) is 0 Å². The van der Waals surface area contributed by atoms with Gasteiger partial charge in [0.2, 0.25) is 5.91 Å². The summed E-state index contributed by atoms with van der Waals surface area (Å²) in [5.41, 5.74) is 0. The molecule has 1 saturated heterocycles. The molecule has 0 aromatic rings. The van der Waals surface area contributed by atoms with E-state index >= 15 is 0 Å². The summed E-state index contributed by atoms with van der Waals surface area (Å²) in [4.78, 5) is 46.2. The molecule has 19 heavy (non-hydrogen) atoms. The van der Waals surface area contributed by atoms with Crippen LogP contribution >= 0.6 is 23.5 Å². The van der Waals surface area contributed by atoms with Gasteiger partial charge in [0, 0.05) is 19.4 Å². The maximum absolute atomic E-state index is 11.4. The maximum atomic E-state index is 11.4. The zero-order valence-electron chi connectivity index (χ0n) is 10.8. The van der Waals surface area contributed by atoms with Gasteiger partial charge in [-0.2, -0.15) is 0 Å². The average Bonchev–Trinajstić information content (AvgIpc) is 2.69. The molecule has 0 saturated carbocycles. The van der Waals surface area contributed by atoms with Gasteiger partial charge in [-0.1, -0.05) is 25.1 Å². The summed E-state index contributed by atoms with van der Waals surface area (Å²) in [5, 5.41) is -0.379. The molecule has 0 aromatic carbocycles. The topological polar surface area (TPSA) is 71.5 Å². The molecule has 0 aliphatic carbocycles. The Balaban J connectivity index is 2.08. The van der Waals surface area contributed by atoms with Crippen molar-refractivity contribution in [2.45, 2.75) is 39.0 Å². The van der Waals surface area contributed by atoms with Crippen molar-refractivity contribution in [3.63, 3.8) is 0 Å². The van der Waals surface area contributed by atoms with Crippen LogP contribution in [0.25, 0.3) is 0 Å². The fourth-order valence-electron chi connectivity index (χ4n) is 1.56. The molecule has 2 amide bonds. The molecule has 1 heterocycles. The number of imide groups is 1. The average molecular weight is 303 g/mol. The first kappa shape index (κ1) is 16.2. The number of amides is 2. The Morgan fingerprint density at radius 3 is 2.53 bits per heavy atom. The summed E-state index contributed by atoms with van der Waals surface area (Å²) >= 11 is 1.82. The molecule has 0 radical (unpaired) electrons. The van der Waals surface area contributed by atoms with E-state index in [2.05, 4.69) is 0 Å². The Hall–Kier alpha value is -0.820. The third kappa shape index (κ3) is 5.78. The fourth-order valence-corrected chi connectivity index (χ4v) is 2.96. The molecule has 0 atom stereocenters. The van der Waals surface area contributed by atoms with Gasteiger partial charge in [-0.05, 0) is 24.6 Å². The standard InChI is InChI=1S/C12H17NO4S2/c1-2-10(15)19-11(16)6-4-3-5-7-13-9(14)8-18-12(13)17/h2-8H2,1H3. The summed E-state index contributed by atoms with van der Waals surface area (Å²) in [6.45, 7) is 2.16. The normalized spacial score (nSPS) is 15.1. The lowest BCUT2D eigenvalue weighted by atomic mass is 10.2. The third-order valence-corrected chi connectivity index (χ3v) is 4.43. The highest BCUT2D eigenvalue weighted by atomic mass is 32.2. The van der Waals surface area contributed by atoms with Gasteiger partial charge in [-0.15, -0.1) is 0 Å². The lowest BCUT2D eigenvalue weighted by molar-refractivity contribution is -0.124. The number of rotatable bonds is 7. The Morgan fingerprint density at radius 2 is 1.95 bits per heavy atom. The van der Waals surface area contributed by atoms with Crippen LogP contribution in [0.15, 0.2) is 0 Å².